The lowest BCUT2D eigenvalue weighted by Crippen LogP contribution is -2.14. The van der Waals surface area contributed by atoms with E-state index in [9.17, 15) is 4.39 Å². The number of nitrogens with two attached hydrogens (primary N) is 2. The summed E-state index contributed by atoms with van der Waals surface area (Å²) in [7, 11) is 0. The second kappa shape index (κ2) is 3.88. The lowest BCUT2D eigenvalue weighted by molar-refractivity contribution is 0.628. The molecule has 4 N–H and O–H groups in total. The molecule has 0 unspecified atom stereocenters. The summed E-state index contributed by atoms with van der Waals surface area (Å²) >= 11 is 5.65. The van der Waals surface area contributed by atoms with E-state index >= 15 is 0 Å². The van der Waals surface area contributed by atoms with Gasteiger partial charge in [0.25, 0.3) is 0 Å². The monoisotopic (exact) mass is 266 g/mol. The maximum atomic E-state index is 13.4. The number of hydrogen-bond acceptors (Lipinski definition) is 3. The third-order valence-corrected chi connectivity index (χ3v) is 3.42. The molecule has 94 valence electrons. The Bertz CT molecular complexity index is 619. The van der Waals surface area contributed by atoms with Gasteiger partial charge < -0.3 is 11.6 Å². The molecule has 0 bridgehead atoms. The molecule has 3 rings (SSSR count). The maximum absolute atomic E-state index is 13.4. The molecule has 1 aliphatic carbocycles. The van der Waals surface area contributed by atoms with Crippen LogP contribution in [0.2, 0.25) is 5.02 Å². The fourth-order valence-electron chi connectivity index (χ4n) is 1.95. The molecule has 4 nitrogen and oxygen atoms in total. The Morgan fingerprint density at radius 3 is 2.72 bits per heavy atom. The summed E-state index contributed by atoms with van der Waals surface area (Å²) in [5, 5.41) is 0.0759. The molecule has 1 aliphatic rings. The molecule has 0 radical (unpaired) electrons. The Labute approximate surface area is 108 Å². The first-order valence-corrected chi connectivity index (χ1v) is 6.04. The molecule has 0 saturated heterocycles. The van der Waals surface area contributed by atoms with Gasteiger partial charge in [0.2, 0.25) is 0 Å². The molecule has 1 fully saturated rings. The molecule has 0 atom stereocenters. The van der Waals surface area contributed by atoms with Crippen LogP contribution in [0.25, 0.3) is 11.3 Å². The van der Waals surface area contributed by atoms with Crippen molar-refractivity contribution in [3.8, 4) is 11.3 Å². The van der Waals surface area contributed by atoms with Crippen LogP contribution < -0.4 is 11.6 Å². The molecule has 1 saturated carbocycles. The zero-order valence-electron chi connectivity index (χ0n) is 9.53. The van der Waals surface area contributed by atoms with Crippen molar-refractivity contribution in [3.05, 3.63) is 34.9 Å². The largest absolute Gasteiger partial charge is 0.382 e. The van der Waals surface area contributed by atoms with E-state index in [0.29, 0.717) is 23.0 Å². The molecule has 1 aromatic heterocycles. The SMILES string of the molecule is Nc1c(-c2ccc(Cl)c(F)c2)nc(C2CC2)n1N. The zero-order valence-corrected chi connectivity index (χ0v) is 10.3. The topological polar surface area (TPSA) is 69.9 Å². The summed E-state index contributed by atoms with van der Waals surface area (Å²) in [6.07, 6.45) is 2.14. The lowest BCUT2D eigenvalue weighted by Gasteiger charge is -2.01. The highest BCUT2D eigenvalue weighted by Gasteiger charge is 2.30. The fourth-order valence-corrected chi connectivity index (χ4v) is 2.07. The van der Waals surface area contributed by atoms with Gasteiger partial charge in [0.15, 0.2) is 5.82 Å². The van der Waals surface area contributed by atoms with E-state index < -0.39 is 5.82 Å². The van der Waals surface area contributed by atoms with Crippen LogP contribution in [-0.2, 0) is 0 Å². The van der Waals surface area contributed by atoms with Crippen LogP contribution in [0.4, 0.5) is 10.2 Å². The first-order valence-electron chi connectivity index (χ1n) is 5.66. The van der Waals surface area contributed by atoms with Crippen LogP contribution in [0.3, 0.4) is 0 Å². The number of aromatic nitrogens is 2. The van der Waals surface area contributed by atoms with Gasteiger partial charge in [-0.2, -0.15) is 0 Å². The van der Waals surface area contributed by atoms with Crippen LogP contribution in [0, 0.1) is 5.82 Å². The van der Waals surface area contributed by atoms with E-state index in [0.717, 1.165) is 18.7 Å². The van der Waals surface area contributed by atoms with E-state index in [4.69, 9.17) is 23.2 Å². The van der Waals surface area contributed by atoms with Gasteiger partial charge in [-0.25, -0.2) is 14.1 Å². The number of imidazole rings is 1. The third-order valence-electron chi connectivity index (χ3n) is 3.11. The summed E-state index contributed by atoms with van der Waals surface area (Å²) < 4.78 is 14.8. The van der Waals surface area contributed by atoms with E-state index in [2.05, 4.69) is 4.98 Å². The van der Waals surface area contributed by atoms with E-state index in [-0.39, 0.29) is 5.02 Å². The second-order valence-electron chi connectivity index (χ2n) is 4.48. The number of halogens is 2. The maximum Gasteiger partial charge on any atom is 0.150 e. The standard InChI is InChI=1S/C12H12ClFN4/c13-8-4-3-7(5-9(8)14)10-11(15)18(16)12(17-10)6-1-2-6/h3-6H,1-2,15-16H2. The molecule has 6 heteroatoms. The highest BCUT2D eigenvalue weighted by Crippen LogP contribution is 2.41. The highest BCUT2D eigenvalue weighted by molar-refractivity contribution is 6.30. The first kappa shape index (κ1) is 11.3. The number of nitrogen functional groups attached to an aromatic ring is 2. The minimum Gasteiger partial charge on any atom is -0.382 e. The van der Waals surface area contributed by atoms with Crippen molar-refractivity contribution in [1.82, 2.24) is 9.66 Å². The van der Waals surface area contributed by atoms with Gasteiger partial charge in [-0.05, 0) is 25.0 Å². The summed E-state index contributed by atoms with van der Waals surface area (Å²) in [5.74, 6) is 6.85. The average Bonchev–Trinajstić information content (AvgIpc) is 3.13. The Morgan fingerprint density at radius 2 is 2.11 bits per heavy atom. The van der Waals surface area contributed by atoms with Gasteiger partial charge >= 0.3 is 0 Å². The number of nitrogens with zero attached hydrogens (tertiary/aromatic N) is 2. The first-order chi connectivity index (χ1) is 8.58. The van der Waals surface area contributed by atoms with Gasteiger partial charge in [0.1, 0.15) is 17.3 Å². The number of benzene rings is 1. The molecular formula is C12H12ClFN4. The van der Waals surface area contributed by atoms with Crippen LogP contribution in [0.5, 0.6) is 0 Å². The third kappa shape index (κ3) is 1.71. The molecule has 2 aromatic rings. The Balaban J connectivity index is 2.10. The van der Waals surface area contributed by atoms with Crippen LogP contribution >= 0.6 is 11.6 Å². The average molecular weight is 267 g/mol. The number of hydrogen-bond donors (Lipinski definition) is 2. The molecular weight excluding hydrogens is 255 g/mol. The predicted octanol–water partition coefficient (Wildman–Crippen LogP) is 2.52. The molecule has 0 spiro atoms. The van der Waals surface area contributed by atoms with Gasteiger partial charge in [-0.15, -0.1) is 0 Å². The van der Waals surface area contributed by atoms with Gasteiger partial charge in [-0.3, -0.25) is 0 Å². The molecule has 18 heavy (non-hydrogen) atoms. The van der Waals surface area contributed by atoms with Gasteiger partial charge in [-0.1, -0.05) is 17.7 Å². The fraction of sp³-hybridized carbons (Fsp3) is 0.250. The number of rotatable bonds is 2. The molecule has 1 heterocycles. The molecule has 1 aromatic carbocycles. The minimum atomic E-state index is -0.492. The van der Waals surface area contributed by atoms with Crippen molar-refractivity contribution in [2.24, 2.45) is 0 Å². The summed E-state index contributed by atoms with van der Waals surface area (Å²) in [6.45, 7) is 0. The lowest BCUT2D eigenvalue weighted by atomic mass is 10.1. The van der Waals surface area contributed by atoms with E-state index in [1.807, 2.05) is 0 Å². The van der Waals surface area contributed by atoms with Crippen molar-refractivity contribution in [2.45, 2.75) is 18.8 Å². The van der Waals surface area contributed by atoms with E-state index in [1.54, 1.807) is 6.07 Å². The van der Waals surface area contributed by atoms with Crippen LogP contribution in [0.15, 0.2) is 18.2 Å². The Morgan fingerprint density at radius 1 is 1.39 bits per heavy atom. The summed E-state index contributed by atoms with van der Waals surface area (Å²) in [5.41, 5.74) is 7.00. The van der Waals surface area contributed by atoms with Crippen molar-refractivity contribution >= 4 is 17.4 Å². The Kier molecular flexibility index (Phi) is 2.45. The summed E-state index contributed by atoms with van der Waals surface area (Å²) in [4.78, 5) is 4.42. The summed E-state index contributed by atoms with van der Waals surface area (Å²) in [6, 6.07) is 4.48. The molecule has 0 aliphatic heterocycles. The van der Waals surface area contributed by atoms with Crippen LogP contribution in [0.1, 0.15) is 24.6 Å². The van der Waals surface area contributed by atoms with Gasteiger partial charge in [0, 0.05) is 11.5 Å². The smallest absolute Gasteiger partial charge is 0.150 e. The van der Waals surface area contributed by atoms with Crippen molar-refractivity contribution < 1.29 is 4.39 Å². The van der Waals surface area contributed by atoms with Gasteiger partial charge in [0.05, 0.1) is 5.02 Å². The zero-order chi connectivity index (χ0) is 12.9. The molecule has 0 amide bonds. The van der Waals surface area contributed by atoms with E-state index in [1.165, 1.54) is 16.8 Å². The van der Waals surface area contributed by atoms with Crippen molar-refractivity contribution in [3.63, 3.8) is 0 Å². The predicted molar refractivity (Wildman–Crippen MR) is 69.2 cm³/mol. The number of anilines is 1. The van der Waals surface area contributed by atoms with Crippen molar-refractivity contribution in [2.75, 3.05) is 11.6 Å². The Hall–Kier alpha value is -1.75. The minimum absolute atomic E-state index is 0.0759. The van der Waals surface area contributed by atoms with Crippen LogP contribution in [-0.4, -0.2) is 9.66 Å². The van der Waals surface area contributed by atoms with Crippen molar-refractivity contribution in [1.29, 1.82) is 0 Å². The quantitative estimate of drug-likeness (QED) is 0.821. The highest BCUT2D eigenvalue weighted by atomic mass is 35.5. The normalized spacial score (nSPS) is 15.0. The second-order valence-corrected chi connectivity index (χ2v) is 4.88.